The molecule has 1 rings (SSSR count). The average molecular weight is 192 g/mol. The van der Waals surface area contributed by atoms with Crippen molar-refractivity contribution >= 4 is 0 Å². The summed E-state index contributed by atoms with van der Waals surface area (Å²) in [6, 6.07) is 0. The van der Waals surface area contributed by atoms with Gasteiger partial charge in [0.15, 0.2) is 0 Å². The molecule has 0 saturated heterocycles. The molecule has 0 spiro atoms. The van der Waals surface area contributed by atoms with Crippen molar-refractivity contribution in [2.24, 2.45) is 17.6 Å². The van der Waals surface area contributed by atoms with Crippen LogP contribution < -0.4 is 5.73 Å². The van der Waals surface area contributed by atoms with Gasteiger partial charge in [-0.05, 0) is 25.3 Å². The van der Waals surface area contributed by atoms with Crippen molar-refractivity contribution in [2.75, 3.05) is 26.7 Å². The maximum absolute atomic E-state index is 12.8. The van der Waals surface area contributed by atoms with Crippen LogP contribution in [-0.4, -0.2) is 37.5 Å². The van der Waals surface area contributed by atoms with E-state index in [0.717, 1.165) is 6.54 Å². The van der Waals surface area contributed by atoms with E-state index in [-0.39, 0.29) is 6.54 Å². The Bertz CT molecular complexity index is 173. The zero-order valence-electron chi connectivity index (χ0n) is 8.26. The van der Waals surface area contributed by atoms with Crippen LogP contribution in [0.25, 0.3) is 0 Å². The molecular weight excluding hydrogens is 174 g/mol. The minimum Gasteiger partial charge on any atom is -0.325 e. The number of nitrogens with zero attached hydrogens (tertiary/aromatic N) is 1. The molecule has 1 fully saturated rings. The zero-order chi connectivity index (χ0) is 10.1. The van der Waals surface area contributed by atoms with Gasteiger partial charge in [0.1, 0.15) is 0 Å². The largest absolute Gasteiger partial charge is 0.325 e. The lowest BCUT2D eigenvalue weighted by Gasteiger charge is -2.22. The SMILES string of the molecule is CC1CC1CN(C)CC(F)(F)CN. The van der Waals surface area contributed by atoms with E-state index in [1.807, 2.05) is 0 Å². The molecule has 0 aromatic carbocycles. The minimum atomic E-state index is -2.73. The lowest BCUT2D eigenvalue weighted by atomic mass is 10.2. The minimum absolute atomic E-state index is 0.216. The molecule has 0 aliphatic heterocycles. The smallest absolute Gasteiger partial charge is 0.272 e. The molecule has 2 N–H and O–H groups in total. The van der Waals surface area contributed by atoms with Crippen molar-refractivity contribution in [2.45, 2.75) is 19.3 Å². The van der Waals surface area contributed by atoms with E-state index in [1.54, 1.807) is 11.9 Å². The van der Waals surface area contributed by atoms with E-state index in [0.29, 0.717) is 11.8 Å². The summed E-state index contributed by atoms with van der Waals surface area (Å²) in [7, 11) is 1.73. The van der Waals surface area contributed by atoms with E-state index >= 15 is 0 Å². The maximum atomic E-state index is 12.8. The first kappa shape index (κ1) is 10.9. The van der Waals surface area contributed by atoms with Crippen LogP contribution in [0.3, 0.4) is 0 Å². The van der Waals surface area contributed by atoms with Gasteiger partial charge < -0.3 is 10.6 Å². The first-order valence-corrected chi connectivity index (χ1v) is 4.71. The Balaban J connectivity index is 2.20. The lowest BCUT2D eigenvalue weighted by molar-refractivity contribution is -0.0184. The standard InChI is InChI=1S/C9H18F2N2/c1-7-3-8(7)4-13(2)6-9(10,11)5-12/h7-8H,3-6,12H2,1-2H3. The molecule has 1 aliphatic carbocycles. The van der Waals surface area contributed by atoms with E-state index < -0.39 is 12.5 Å². The summed E-state index contributed by atoms with van der Waals surface area (Å²) in [5, 5.41) is 0. The van der Waals surface area contributed by atoms with E-state index in [1.165, 1.54) is 6.42 Å². The highest BCUT2D eigenvalue weighted by Gasteiger charge is 2.35. The van der Waals surface area contributed by atoms with Crippen LogP contribution in [0.15, 0.2) is 0 Å². The Morgan fingerprint density at radius 2 is 2.08 bits per heavy atom. The molecule has 0 bridgehead atoms. The number of rotatable bonds is 5. The molecule has 0 heterocycles. The third-order valence-corrected chi connectivity index (χ3v) is 2.62. The van der Waals surface area contributed by atoms with Gasteiger partial charge in [0, 0.05) is 6.54 Å². The van der Waals surface area contributed by atoms with Crippen LogP contribution in [-0.2, 0) is 0 Å². The third kappa shape index (κ3) is 3.56. The van der Waals surface area contributed by atoms with Crippen molar-refractivity contribution in [3.8, 4) is 0 Å². The van der Waals surface area contributed by atoms with Gasteiger partial charge in [-0.1, -0.05) is 6.92 Å². The fraction of sp³-hybridized carbons (Fsp3) is 1.00. The average Bonchev–Trinajstić information content (AvgIpc) is 2.65. The Morgan fingerprint density at radius 3 is 2.46 bits per heavy atom. The lowest BCUT2D eigenvalue weighted by Crippen LogP contribution is -2.40. The van der Waals surface area contributed by atoms with Gasteiger partial charge >= 0.3 is 0 Å². The number of alkyl halides is 2. The van der Waals surface area contributed by atoms with Crippen molar-refractivity contribution in [1.82, 2.24) is 4.90 Å². The van der Waals surface area contributed by atoms with Crippen LogP contribution >= 0.6 is 0 Å². The summed E-state index contributed by atoms with van der Waals surface area (Å²) in [4.78, 5) is 1.68. The second-order valence-corrected chi connectivity index (χ2v) is 4.23. The molecule has 4 heteroatoms. The number of hydrogen-bond acceptors (Lipinski definition) is 2. The van der Waals surface area contributed by atoms with Crippen molar-refractivity contribution in [1.29, 1.82) is 0 Å². The van der Waals surface area contributed by atoms with Gasteiger partial charge in [0.25, 0.3) is 5.92 Å². The Morgan fingerprint density at radius 1 is 1.54 bits per heavy atom. The highest BCUT2D eigenvalue weighted by atomic mass is 19.3. The third-order valence-electron chi connectivity index (χ3n) is 2.62. The number of hydrogen-bond donors (Lipinski definition) is 1. The van der Waals surface area contributed by atoms with Gasteiger partial charge in [-0.2, -0.15) is 0 Å². The fourth-order valence-electron chi connectivity index (χ4n) is 1.58. The Kier molecular flexibility index (Phi) is 3.24. The first-order valence-electron chi connectivity index (χ1n) is 4.71. The molecule has 0 aromatic heterocycles. The first-order chi connectivity index (χ1) is 5.94. The summed E-state index contributed by atoms with van der Waals surface area (Å²) in [5.74, 6) is -1.39. The van der Waals surface area contributed by atoms with Gasteiger partial charge in [0.05, 0.1) is 13.1 Å². The van der Waals surface area contributed by atoms with Gasteiger partial charge in [-0.25, -0.2) is 8.78 Å². The summed E-state index contributed by atoms with van der Waals surface area (Å²) in [6.07, 6.45) is 1.18. The maximum Gasteiger partial charge on any atom is 0.272 e. The van der Waals surface area contributed by atoms with Gasteiger partial charge in [0.2, 0.25) is 0 Å². The van der Waals surface area contributed by atoms with Crippen LogP contribution in [0.4, 0.5) is 8.78 Å². The molecular formula is C9H18F2N2. The summed E-state index contributed by atoms with van der Waals surface area (Å²) in [5.41, 5.74) is 4.95. The number of halogens is 2. The summed E-state index contributed by atoms with van der Waals surface area (Å²) in [6.45, 7) is 2.15. The molecule has 0 aromatic rings. The second kappa shape index (κ2) is 3.88. The highest BCUT2D eigenvalue weighted by Crippen LogP contribution is 2.38. The topological polar surface area (TPSA) is 29.3 Å². The molecule has 0 amide bonds. The molecule has 13 heavy (non-hydrogen) atoms. The van der Waals surface area contributed by atoms with Crippen molar-refractivity contribution in [3.63, 3.8) is 0 Å². The van der Waals surface area contributed by atoms with Crippen LogP contribution in [0.2, 0.25) is 0 Å². The van der Waals surface area contributed by atoms with Crippen LogP contribution in [0, 0.1) is 11.8 Å². The van der Waals surface area contributed by atoms with E-state index in [4.69, 9.17) is 5.73 Å². The fourth-order valence-corrected chi connectivity index (χ4v) is 1.58. The predicted octanol–water partition coefficient (Wildman–Crippen LogP) is 1.17. The second-order valence-electron chi connectivity index (χ2n) is 4.23. The zero-order valence-corrected chi connectivity index (χ0v) is 8.26. The molecule has 0 radical (unpaired) electrons. The quantitative estimate of drug-likeness (QED) is 0.708. The van der Waals surface area contributed by atoms with Gasteiger partial charge in [-0.3, -0.25) is 0 Å². The van der Waals surface area contributed by atoms with E-state index in [9.17, 15) is 8.78 Å². The predicted molar refractivity (Wildman–Crippen MR) is 48.8 cm³/mol. The number of nitrogens with two attached hydrogens (primary N) is 1. The monoisotopic (exact) mass is 192 g/mol. The summed E-state index contributed by atoms with van der Waals surface area (Å²) < 4.78 is 25.6. The molecule has 2 nitrogen and oxygen atoms in total. The normalized spacial score (nSPS) is 28.2. The molecule has 1 aliphatic rings. The van der Waals surface area contributed by atoms with Crippen molar-refractivity contribution < 1.29 is 8.78 Å². The van der Waals surface area contributed by atoms with Crippen LogP contribution in [0.1, 0.15) is 13.3 Å². The summed E-state index contributed by atoms with van der Waals surface area (Å²) >= 11 is 0. The van der Waals surface area contributed by atoms with Crippen molar-refractivity contribution in [3.05, 3.63) is 0 Å². The molecule has 2 unspecified atom stereocenters. The Hall–Kier alpha value is -0.220. The molecule has 78 valence electrons. The van der Waals surface area contributed by atoms with E-state index in [2.05, 4.69) is 6.92 Å². The highest BCUT2D eigenvalue weighted by molar-refractivity contribution is 4.85. The molecule has 1 saturated carbocycles. The van der Waals surface area contributed by atoms with Crippen LogP contribution in [0.5, 0.6) is 0 Å². The Labute approximate surface area is 78.1 Å². The molecule has 2 atom stereocenters. The van der Waals surface area contributed by atoms with Gasteiger partial charge in [-0.15, -0.1) is 0 Å².